The molecule has 112 valence electrons. The maximum Gasteiger partial charge on any atom is 0.0113 e. The molecule has 1 heteroatoms. The molecule has 21 heavy (non-hydrogen) atoms. The summed E-state index contributed by atoms with van der Waals surface area (Å²) in [6.07, 6.45) is 2.06. The van der Waals surface area contributed by atoms with Gasteiger partial charge in [0, 0.05) is 12.0 Å². The maximum absolute atomic E-state index is 6.18. The van der Waals surface area contributed by atoms with Gasteiger partial charge in [0.25, 0.3) is 0 Å². The molecule has 1 unspecified atom stereocenters. The molecule has 0 fully saturated rings. The van der Waals surface area contributed by atoms with Crippen molar-refractivity contribution >= 4 is 0 Å². The van der Waals surface area contributed by atoms with Crippen LogP contribution in [-0.2, 0) is 11.8 Å². The van der Waals surface area contributed by atoms with Crippen molar-refractivity contribution in [3.63, 3.8) is 0 Å². The molecular weight excluding hydrogens is 254 g/mol. The summed E-state index contributed by atoms with van der Waals surface area (Å²) in [6, 6.07) is 19.7. The van der Waals surface area contributed by atoms with E-state index in [0.29, 0.717) is 12.5 Å². The standard InChI is InChI=1S/C20H27N/c1-4-20(15-21,19-8-6-5-7-9-19)14-17-10-12-18(13-11-17)16(2)3/h5-13,16H,4,14-15,21H2,1-3H3. The summed E-state index contributed by atoms with van der Waals surface area (Å²) < 4.78 is 0. The Morgan fingerprint density at radius 1 is 0.952 bits per heavy atom. The zero-order valence-corrected chi connectivity index (χ0v) is 13.5. The van der Waals surface area contributed by atoms with Crippen molar-refractivity contribution < 1.29 is 0 Å². The molecule has 0 spiro atoms. The summed E-state index contributed by atoms with van der Waals surface area (Å²) >= 11 is 0. The van der Waals surface area contributed by atoms with Gasteiger partial charge >= 0.3 is 0 Å². The molecule has 1 atom stereocenters. The van der Waals surface area contributed by atoms with Gasteiger partial charge in [0.05, 0.1) is 0 Å². The molecule has 1 nitrogen and oxygen atoms in total. The van der Waals surface area contributed by atoms with Gasteiger partial charge in [-0.3, -0.25) is 0 Å². The summed E-state index contributed by atoms with van der Waals surface area (Å²) in [7, 11) is 0. The maximum atomic E-state index is 6.18. The van der Waals surface area contributed by atoms with E-state index < -0.39 is 0 Å². The van der Waals surface area contributed by atoms with E-state index in [9.17, 15) is 0 Å². The lowest BCUT2D eigenvalue weighted by atomic mass is 9.73. The SMILES string of the molecule is CCC(CN)(Cc1ccc(C(C)C)cc1)c1ccccc1. The van der Waals surface area contributed by atoms with E-state index in [4.69, 9.17) is 5.73 Å². The molecule has 0 aromatic heterocycles. The van der Waals surface area contributed by atoms with E-state index in [1.54, 1.807) is 0 Å². The first-order chi connectivity index (χ1) is 10.1. The number of benzene rings is 2. The van der Waals surface area contributed by atoms with Crippen molar-refractivity contribution in [2.75, 3.05) is 6.54 Å². The quantitative estimate of drug-likeness (QED) is 0.819. The Balaban J connectivity index is 2.28. The second-order valence-corrected chi connectivity index (χ2v) is 6.28. The molecule has 0 amide bonds. The zero-order valence-electron chi connectivity index (χ0n) is 13.5. The van der Waals surface area contributed by atoms with Gasteiger partial charge in [-0.05, 0) is 35.4 Å². The first kappa shape index (κ1) is 15.8. The Bertz CT molecular complexity index is 536. The molecule has 0 radical (unpaired) electrons. The van der Waals surface area contributed by atoms with Crippen LogP contribution in [0.3, 0.4) is 0 Å². The second-order valence-electron chi connectivity index (χ2n) is 6.28. The van der Waals surface area contributed by atoms with Crippen molar-refractivity contribution in [2.24, 2.45) is 5.73 Å². The largest absolute Gasteiger partial charge is 0.330 e. The molecule has 0 bridgehead atoms. The molecule has 0 aliphatic carbocycles. The van der Waals surface area contributed by atoms with Crippen molar-refractivity contribution in [1.29, 1.82) is 0 Å². The van der Waals surface area contributed by atoms with Gasteiger partial charge in [-0.2, -0.15) is 0 Å². The van der Waals surface area contributed by atoms with Gasteiger partial charge in [-0.15, -0.1) is 0 Å². The molecule has 2 N–H and O–H groups in total. The second kappa shape index (κ2) is 6.91. The van der Waals surface area contributed by atoms with Gasteiger partial charge in [0.2, 0.25) is 0 Å². The molecule has 0 saturated carbocycles. The average Bonchev–Trinajstić information content (AvgIpc) is 2.54. The average molecular weight is 281 g/mol. The van der Waals surface area contributed by atoms with Crippen LogP contribution in [0.2, 0.25) is 0 Å². The third kappa shape index (κ3) is 3.54. The zero-order chi connectivity index (χ0) is 15.3. The van der Waals surface area contributed by atoms with Crippen molar-refractivity contribution in [3.05, 3.63) is 71.3 Å². The minimum atomic E-state index is 0.0423. The molecular formula is C20H27N. The van der Waals surface area contributed by atoms with Crippen LogP contribution >= 0.6 is 0 Å². The van der Waals surface area contributed by atoms with Gasteiger partial charge in [-0.1, -0.05) is 75.4 Å². The number of rotatable bonds is 6. The number of hydrogen-bond acceptors (Lipinski definition) is 1. The Hall–Kier alpha value is -1.60. The molecule has 2 aromatic rings. The Morgan fingerprint density at radius 3 is 2.05 bits per heavy atom. The van der Waals surface area contributed by atoms with Gasteiger partial charge in [-0.25, -0.2) is 0 Å². The normalized spacial score (nSPS) is 14.1. The van der Waals surface area contributed by atoms with Crippen LogP contribution in [0.25, 0.3) is 0 Å². The smallest absolute Gasteiger partial charge is 0.0113 e. The third-order valence-corrected chi connectivity index (χ3v) is 4.64. The molecule has 0 aliphatic rings. The lowest BCUT2D eigenvalue weighted by molar-refractivity contribution is 0.418. The Kier molecular flexibility index (Phi) is 5.19. The highest BCUT2D eigenvalue weighted by molar-refractivity contribution is 5.32. The van der Waals surface area contributed by atoms with Crippen LogP contribution in [0.15, 0.2) is 54.6 Å². The van der Waals surface area contributed by atoms with Crippen LogP contribution in [0.1, 0.15) is 49.8 Å². The fourth-order valence-corrected chi connectivity index (χ4v) is 2.97. The Labute approximate surface area is 129 Å². The van der Waals surface area contributed by atoms with E-state index in [-0.39, 0.29) is 5.41 Å². The predicted octanol–water partition coefficient (Wildman–Crippen LogP) is 4.66. The van der Waals surface area contributed by atoms with Crippen molar-refractivity contribution in [3.8, 4) is 0 Å². The fourth-order valence-electron chi connectivity index (χ4n) is 2.97. The first-order valence-corrected chi connectivity index (χ1v) is 7.95. The van der Waals surface area contributed by atoms with Crippen molar-refractivity contribution in [2.45, 2.75) is 44.9 Å². The summed E-state index contributed by atoms with van der Waals surface area (Å²) in [5.74, 6) is 0.582. The first-order valence-electron chi connectivity index (χ1n) is 7.95. The van der Waals surface area contributed by atoms with Gasteiger partial charge < -0.3 is 5.73 Å². The van der Waals surface area contributed by atoms with Crippen LogP contribution in [0.5, 0.6) is 0 Å². The van der Waals surface area contributed by atoms with E-state index >= 15 is 0 Å². The number of hydrogen-bond donors (Lipinski definition) is 1. The van der Waals surface area contributed by atoms with E-state index in [2.05, 4.69) is 75.4 Å². The summed E-state index contributed by atoms with van der Waals surface area (Å²) in [5, 5.41) is 0. The summed E-state index contributed by atoms with van der Waals surface area (Å²) in [5.41, 5.74) is 10.3. The molecule has 2 aromatic carbocycles. The fraction of sp³-hybridized carbons (Fsp3) is 0.400. The minimum Gasteiger partial charge on any atom is -0.330 e. The van der Waals surface area contributed by atoms with Crippen LogP contribution < -0.4 is 5.73 Å². The van der Waals surface area contributed by atoms with Crippen molar-refractivity contribution in [1.82, 2.24) is 0 Å². The van der Waals surface area contributed by atoms with Gasteiger partial charge in [0.1, 0.15) is 0 Å². The molecule has 2 rings (SSSR count). The highest BCUT2D eigenvalue weighted by atomic mass is 14.6. The van der Waals surface area contributed by atoms with Crippen LogP contribution in [0.4, 0.5) is 0 Å². The highest BCUT2D eigenvalue weighted by Crippen LogP contribution is 2.31. The topological polar surface area (TPSA) is 26.0 Å². The third-order valence-electron chi connectivity index (χ3n) is 4.64. The summed E-state index contributed by atoms with van der Waals surface area (Å²) in [6.45, 7) is 7.38. The van der Waals surface area contributed by atoms with E-state index in [1.807, 2.05) is 0 Å². The molecule has 0 heterocycles. The highest BCUT2D eigenvalue weighted by Gasteiger charge is 2.28. The number of nitrogens with two attached hydrogens (primary N) is 1. The Morgan fingerprint density at radius 2 is 1.57 bits per heavy atom. The van der Waals surface area contributed by atoms with E-state index in [1.165, 1.54) is 16.7 Å². The van der Waals surface area contributed by atoms with Gasteiger partial charge in [0.15, 0.2) is 0 Å². The lowest BCUT2D eigenvalue weighted by Gasteiger charge is -2.32. The minimum absolute atomic E-state index is 0.0423. The lowest BCUT2D eigenvalue weighted by Crippen LogP contribution is -2.36. The summed E-state index contributed by atoms with van der Waals surface area (Å²) in [4.78, 5) is 0. The van der Waals surface area contributed by atoms with Crippen LogP contribution in [-0.4, -0.2) is 6.54 Å². The van der Waals surface area contributed by atoms with Crippen LogP contribution in [0, 0.1) is 0 Å². The molecule has 0 saturated heterocycles. The molecule has 0 aliphatic heterocycles. The monoisotopic (exact) mass is 281 g/mol. The predicted molar refractivity (Wildman–Crippen MR) is 91.7 cm³/mol. The van der Waals surface area contributed by atoms with E-state index in [0.717, 1.165) is 12.8 Å².